The molecule has 5 nitrogen and oxygen atoms in total. The quantitative estimate of drug-likeness (QED) is 0.254. The van der Waals surface area contributed by atoms with Gasteiger partial charge < -0.3 is 9.73 Å². The highest BCUT2D eigenvalue weighted by Gasteiger charge is 2.24. The van der Waals surface area contributed by atoms with Gasteiger partial charge in [-0.25, -0.2) is 4.39 Å². The van der Waals surface area contributed by atoms with Crippen molar-refractivity contribution < 1.29 is 13.6 Å². The van der Waals surface area contributed by atoms with Crippen molar-refractivity contribution in [2.45, 2.75) is 39.8 Å². The van der Waals surface area contributed by atoms with E-state index in [1.807, 2.05) is 19.9 Å². The number of aryl methyl sites for hydroxylation is 1. The maximum Gasteiger partial charge on any atom is 0.259 e. The Kier molecular flexibility index (Phi) is 9.13. The molecular formula is C30H30Cl2FN3O2. The number of alkyl halides is 1. The van der Waals surface area contributed by atoms with Gasteiger partial charge in [0.1, 0.15) is 17.2 Å². The molecule has 198 valence electrons. The van der Waals surface area contributed by atoms with Crippen molar-refractivity contribution in [3.05, 3.63) is 93.8 Å². The molecule has 38 heavy (non-hydrogen) atoms. The Bertz CT molecular complexity index is 1430. The van der Waals surface area contributed by atoms with Crippen molar-refractivity contribution in [2.75, 3.05) is 5.32 Å². The highest BCUT2D eigenvalue weighted by Crippen LogP contribution is 2.36. The molecule has 0 spiro atoms. The zero-order valence-electron chi connectivity index (χ0n) is 21.9. The van der Waals surface area contributed by atoms with Gasteiger partial charge in [-0.1, -0.05) is 55.4 Å². The van der Waals surface area contributed by atoms with Crippen LogP contribution in [0.4, 0.5) is 10.1 Å². The molecule has 1 atom stereocenters. The third kappa shape index (κ3) is 6.88. The summed E-state index contributed by atoms with van der Waals surface area (Å²) in [7, 11) is 0. The Morgan fingerprint density at radius 3 is 2.50 bits per heavy atom. The minimum absolute atomic E-state index is 0.123. The minimum atomic E-state index is -1.62. The summed E-state index contributed by atoms with van der Waals surface area (Å²) in [5.74, 6) is 0.337. The smallest absolute Gasteiger partial charge is 0.259 e. The maximum absolute atomic E-state index is 14.0. The summed E-state index contributed by atoms with van der Waals surface area (Å²) in [6.07, 6.45) is 2.04. The number of rotatable bonds is 10. The van der Waals surface area contributed by atoms with Crippen LogP contribution < -0.4 is 5.32 Å². The molecule has 0 saturated carbocycles. The monoisotopic (exact) mass is 553 g/mol. The van der Waals surface area contributed by atoms with Crippen LogP contribution >= 0.6 is 23.2 Å². The van der Waals surface area contributed by atoms with Crippen molar-refractivity contribution in [3.63, 3.8) is 0 Å². The molecule has 0 saturated heterocycles. The zero-order valence-corrected chi connectivity index (χ0v) is 23.4. The first-order chi connectivity index (χ1) is 17.8. The highest BCUT2D eigenvalue weighted by atomic mass is 35.5. The van der Waals surface area contributed by atoms with Gasteiger partial charge in [0.15, 0.2) is 0 Å². The molecule has 2 aromatic carbocycles. The summed E-state index contributed by atoms with van der Waals surface area (Å²) in [6.45, 7) is 17.7. The van der Waals surface area contributed by atoms with Gasteiger partial charge in [0.2, 0.25) is 0 Å². The van der Waals surface area contributed by atoms with Gasteiger partial charge in [0, 0.05) is 28.8 Å². The van der Waals surface area contributed by atoms with Crippen LogP contribution in [0.1, 0.15) is 48.0 Å². The van der Waals surface area contributed by atoms with E-state index in [1.54, 1.807) is 42.6 Å². The van der Waals surface area contributed by atoms with E-state index in [2.05, 4.69) is 35.2 Å². The van der Waals surface area contributed by atoms with Crippen LogP contribution in [0.25, 0.3) is 17.0 Å². The SMILES string of the molecule is C=NC(=C)c1cc(Cl)cc(C)c1NC(=O)c1cc(CC(C)/C=N\C(=C)C(C)(C)F)oc1-c1ccccc1Cl. The van der Waals surface area contributed by atoms with E-state index in [-0.39, 0.29) is 11.6 Å². The van der Waals surface area contributed by atoms with E-state index in [4.69, 9.17) is 27.6 Å². The molecule has 3 aromatic rings. The molecule has 0 aliphatic heterocycles. The number of aliphatic imine (C=N–C) groups is 2. The Morgan fingerprint density at radius 2 is 1.87 bits per heavy atom. The van der Waals surface area contributed by atoms with Crippen molar-refractivity contribution in [2.24, 2.45) is 15.9 Å². The largest absolute Gasteiger partial charge is 0.460 e. The zero-order chi connectivity index (χ0) is 28.2. The second-order valence-electron chi connectivity index (χ2n) is 9.52. The number of halogens is 3. The lowest BCUT2D eigenvalue weighted by atomic mass is 10.0. The number of hydrogen-bond donors (Lipinski definition) is 1. The number of allylic oxidation sites excluding steroid dienone is 1. The van der Waals surface area contributed by atoms with E-state index >= 15 is 0 Å². The van der Waals surface area contributed by atoms with E-state index in [1.165, 1.54) is 13.8 Å². The second-order valence-corrected chi connectivity index (χ2v) is 10.4. The third-order valence-corrected chi connectivity index (χ3v) is 6.43. The number of benzene rings is 2. The number of nitrogens with zero attached hydrogens (tertiary/aromatic N) is 2. The summed E-state index contributed by atoms with van der Waals surface area (Å²) < 4.78 is 20.2. The van der Waals surface area contributed by atoms with Crippen LogP contribution in [0.2, 0.25) is 10.0 Å². The molecule has 0 radical (unpaired) electrons. The van der Waals surface area contributed by atoms with Crippen LogP contribution in [-0.4, -0.2) is 24.5 Å². The number of anilines is 1. The molecule has 8 heteroatoms. The maximum atomic E-state index is 14.0. The van der Waals surface area contributed by atoms with Gasteiger partial charge in [0.25, 0.3) is 5.91 Å². The van der Waals surface area contributed by atoms with Gasteiger partial charge in [-0.2, -0.15) is 0 Å². The number of furan rings is 1. The topological polar surface area (TPSA) is 67.0 Å². The third-order valence-electron chi connectivity index (χ3n) is 5.88. The van der Waals surface area contributed by atoms with Gasteiger partial charge in [-0.05, 0) is 69.3 Å². The molecule has 0 aliphatic carbocycles. The number of carbonyl (C=O) groups is 1. The van der Waals surface area contributed by atoms with Crippen LogP contribution in [0.3, 0.4) is 0 Å². The lowest BCUT2D eigenvalue weighted by Crippen LogP contribution is -2.14. The lowest BCUT2D eigenvalue weighted by Gasteiger charge is -2.15. The van der Waals surface area contributed by atoms with E-state index in [0.29, 0.717) is 56.1 Å². The first-order valence-corrected chi connectivity index (χ1v) is 12.6. The van der Waals surface area contributed by atoms with Crippen LogP contribution in [0, 0.1) is 12.8 Å². The van der Waals surface area contributed by atoms with E-state index in [0.717, 1.165) is 5.56 Å². The van der Waals surface area contributed by atoms with Crippen LogP contribution in [-0.2, 0) is 6.42 Å². The molecule has 0 fully saturated rings. The molecule has 1 amide bonds. The van der Waals surface area contributed by atoms with Crippen molar-refractivity contribution in [1.82, 2.24) is 0 Å². The van der Waals surface area contributed by atoms with Crippen LogP contribution in [0.15, 0.2) is 75.7 Å². The van der Waals surface area contributed by atoms with Crippen molar-refractivity contribution in [3.8, 4) is 11.3 Å². The molecule has 0 aliphatic rings. The van der Waals surface area contributed by atoms with Gasteiger partial charge in [-0.3, -0.25) is 14.8 Å². The summed E-state index contributed by atoms with van der Waals surface area (Å²) in [4.78, 5) is 21.7. The lowest BCUT2D eigenvalue weighted by molar-refractivity contribution is 0.102. The number of hydrogen-bond acceptors (Lipinski definition) is 4. The Morgan fingerprint density at radius 1 is 1.18 bits per heavy atom. The van der Waals surface area contributed by atoms with E-state index < -0.39 is 11.6 Å². The standard InChI is InChI=1S/C30H30Cl2FN3O2/c1-17(16-35-20(4)30(5,6)33)12-22-15-25(28(38-22)23-10-8-9-11-26(23)32)29(37)36-27-18(2)13-21(31)14-24(27)19(3)34-7/h8-11,13-17H,3-4,7,12H2,1-2,5-6H3,(H,36,37)/b35-16-. The highest BCUT2D eigenvalue weighted by molar-refractivity contribution is 6.33. The fraction of sp³-hybridized carbons (Fsp3) is 0.233. The molecule has 1 N–H and O–H groups in total. The van der Waals surface area contributed by atoms with E-state index in [9.17, 15) is 9.18 Å². The van der Waals surface area contributed by atoms with Crippen molar-refractivity contribution in [1.29, 1.82) is 0 Å². The molecule has 1 heterocycles. The fourth-order valence-corrected chi connectivity index (χ4v) is 4.19. The minimum Gasteiger partial charge on any atom is -0.460 e. The van der Waals surface area contributed by atoms with Crippen LogP contribution in [0.5, 0.6) is 0 Å². The molecule has 1 unspecified atom stereocenters. The molecule has 3 rings (SSSR count). The summed E-state index contributed by atoms with van der Waals surface area (Å²) in [5.41, 5.74) is 1.55. The summed E-state index contributed by atoms with van der Waals surface area (Å²) in [6, 6.07) is 12.2. The normalized spacial score (nSPS) is 12.4. The molecule has 1 aromatic heterocycles. The fourth-order valence-electron chi connectivity index (χ4n) is 3.70. The number of carbonyl (C=O) groups excluding carboxylic acids is 1. The predicted octanol–water partition coefficient (Wildman–Crippen LogP) is 9.00. The number of nitrogens with one attached hydrogen (secondary N) is 1. The Balaban J connectivity index is 2.01. The Labute approximate surface area is 232 Å². The Hall–Kier alpha value is -3.48. The average molecular weight is 554 g/mol. The van der Waals surface area contributed by atoms with Gasteiger partial charge in [-0.15, -0.1) is 0 Å². The average Bonchev–Trinajstić information content (AvgIpc) is 3.26. The van der Waals surface area contributed by atoms with Crippen molar-refractivity contribution >= 4 is 53.4 Å². The van der Waals surface area contributed by atoms with Gasteiger partial charge in [0.05, 0.1) is 27.7 Å². The number of amides is 1. The summed E-state index contributed by atoms with van der Waals surface area (Å²) in [5, 5.41) is 3.88. The first-order valence-electron chi connectivity index (χ1n) is 11.9. The predicted molar refractivity (Wildman–Crippen MR) is 158 cm³/mol. The summed E-state index contributed by atoms with van der Waals surface area (Å²) >= 11 is 12.7. The first kappa shape index (κ1) is 29.1. The molecule has 0 bridgehead atoms. The van der Waals surface area contributed by atoms with Gasteiger partial charge >= 0.3 is 0 Å². The molecular weight excluding hydrogens is 524 g/mol. The second kappa shape index (κ2) is 11.9.